The predicted octanol–water partition coefficient (Wildman–Crippen LogP) is 3.24. The van der Waals surface area contributed by atoms with Crippen LogP contribution in [0, 0.1) is 5.92 Å². The number of aromatic nitrogens is 1. The Bertz CT molecular complexity index is 849. The van der Waals surface area contributed by atoms with E-state index in [-0.39, 0.29) is 24.0 Å². The second-order valence-corrected chi connectivity index (χ2v) is 8.62. The van der Waals surface area contributed by atoms with Crippen LogP contribution in [-0.4, -0.2) is 30.1 Å². The molecular weight excluding hydrogens is 338 g/mol. The molecule has 1 aromatic rings. The number of anilines is 1. The first-order valence-electron chi connectivity index (χ1n) is 10.1. The summed E-state index contributed by atoms with van der Waals surface area (Å²) in [7, 11) is 1.81. The van der Waals surface area contributed by atoms with Gasteiger partial charge in [0.1, 0.15) is 5.69 Å². The second-order valence-electron chi connectivity index (χ2n) is 8.62. The molecular formula is C22H27N3O2. The predicted molar refractivity (Wildman–Crippen MR) is 105 cm³/mol. The lowest BCUT2D eigenvalue weighted by molar-refractivity contribution is -0.121. The van der Waals surface area contributed by atoms with Gasteiger partial charge < -0.3 is 15.4 Å². The van der Waals surface area contributed by atoms with Gasteiger partial charge in [-0.1, -0.05) is 18.2 Å². The van der Waals surface area contributed by atoms with Gasteiger partial charge in [0.05, 0.1) is 5.69 Å². The molecule has 5 nitrogen and oxygen atoms in total. The van der Waals surface area contributed by atoms with Crippen molar-refractivity contribution in [3.05, 3.63) is 41.1 Å². The van der Waals surface area contributed by atoms with E-state index < -0.39 is 0 Å². The van der Waals surface area contributed by atoms with Crippen molar-refractivity contribution in [2.24, 2.45) is 11.7 Å². The van der Waals surface area contributed by atoms with Crippen LogP contribution in [0.5, 0.6) is 5.88 Å². The van der Waals surface area contributed by atoms with Gasteiger partial charge in [0, 0.05) is 18.5 Å². The highest BCUT2D eigenvalue weighted by Gasteiger charge is 2.36. The summed E-state index contributed by atoms with van der Waals surface area (Å²) in [4.78, 5) is 18.6. The Labute approximate surface area is 160 Å². The molecule has 1 unspecified atom stereocenters. The number of amides is 1. The molecule has 3 aliphatic carbocycles. The quantitative estimate of drug-likeness (QED) is 0.889. The van der Waals surface area contributed by atoms with Crippen LogP contribution >= 0.6 is 0 Å². The number of nitrogens with zero attached hydrogens (tertiary/aromatic N) is 2. The number of fused-ring (bicyclic) bond motifs is 1. The molecule has 2 fully saturated rings. The van der Waals surface area contributed by atoms with Gasteiger partial charge in [0.25, 0.3) is 5.91 Å². The third-order valence-corrected chi connectivity index (χ3v) is 6.63. The maximum atomic E-state index is 12.0. The Hall–Kier alpha value is -2.14. The van der Waals surface area contributed by atoms with Crippen LogP contribution in [0.3, 0.4) is 0 Å². The monoisotopic (exact) mass is 365 g/mol. The van der Waals surface area contributed by atoms with Crippen LogP contribution in [0.15, 0.2) is 29.9 Å². The van der Waals surface area contributed by atoms with E-state index in [1.54, 1.807) is 11.9 Å². The molecule has 27 heavy (non-hydrogen) atoms. The molecule has 0 spiro atoms. The van der Waals surface area contributed by atoms with Crippen LogP contribution in [0.2, 0.25) is 0 Å². The number of ether oxygens (including phenoxy) is 1. The number of allylic oxidation sites excluding steroid dienone is 2. The van der Waals surface area contributed by atoms with Crippen LogP contribution in [-0.2, 0) is 11.2 Å². The summed E-state index contributed by atoms with van der Waals surface area (Å²) in [6, 6.07) is 2.14. The van der Waals surface area contributed by atoms with Crippen molar-refractivity contribution >= 4 is 11.6 Å². The van der Waals surface area contributed by atoms with Crippen molar-refractivity contribution in [1.82, 2.24) is 4.98 Å². The zero-order valence-corrected chi connectivity index (χ0v) is 15.9. The Morgan fingerprint density at radius 3 is 2.81 bits per heavy atom. The highest BCUT2D eigenvalue weighted by Crippen LogP contribution is 2.43. The summed E-state index contributed by atoms with van der Waals surface area (Å²) in [5.41, 5.74) is 10.8. The second kappa shape index (κ2) is 6.20. The minimum Gasteiger partial charge on any atom is -0.466 e. The zero-order chi connectivity index (χ0) is 18.6. The van der Waals surface area contributed by atoms with Gasteiger partial charge in [-0.15, -0.1) is 0 Å². The van der Waals surface area contributed by atoms with Crippen molar-refractivity contribution in [2.75, 3.05) is 18.6 Å². The SMILES string of the molecule is CN1C(=O)COc2nc(C3C=CC(C4(N)CCC4)=CC3)c(CC3CC3)cc21. The Morgan fingerprint density at radius 1 is 1.37 bits per heavy atom. The number of rotatable bonds is 4. The number of hydrogen-bond acceptors (Lipinski definition) is 4. The summed E-state index contributed by atoms with van der Waals surface area (Å²) >= 11 is 0. The van der Waals surface area contributed by atoms with E-state index in [2.05, 4.69) is 24.3 Å². The molecule has 1 aliphatic heterocycles. The van der Waals surface area contributed by atoms with Gasteiger partial charge >= 0.3 is 0 Å². The molecule has 5 heteroatoms. The lowest BCUT2D eigenvalue weighted by atomic mass is 9.70. The van der Waals surface area contributed by atoms with Crippen LogP contribution in [0.1, 0.15) is 55.7 Å². The summed E-state index contributed by atoms with van der Waals surface area (Å²) in [5, 5.41) is 0. The fourth-order valence-corrected chi connectivity index (χ4v) is 4.40. The molecule has 2 heterocycles. The number of hydrogen-bond donors (Lipinski definition) is 1. The van der Waals surface area contributed by atoms with Gasteiger partial charge in [0.15, 0.2) is 6.61 Å². The Kier molecular flexibility index (Phi) is 3.90. The first-order valence-corrected chi connectivity index (χ1v) is 10.1. The topological polar surface area (TPSA) is 68.5 Å². The minimum absolute atomic E-state index is 0.0201. The molecule has 4 aliphatic rings. The van der Waals surface area contributed by atoms with Crippen molar-refractivity contribution < 1.29 is 9.53 Å². The van der Waals surface area contributed by atoms with E-state index >= 15 is 0 Å². The normalized spacial score (nSPS) is 26.1. The summed E-state index contributed by atoms with van der Waals surface area (Å²) < 4.78 is 5.65. The molecule has 0 radical (unpaired) electrons. The molecule has 5 rings (SSSR count). The molecule has 0 saturated heterocycles. The summed E-state index contributed by atoms with van der Waals surface area (Å²) in [6.07, 6.45) is 14.8. The first kappa shape index (κ1) is 17.0. The Balaban J connectivity index is 1.46. The van der Waals surface area contributed by atoms with Crippen molar-refractivity contribution in [1.29, 1.82) is 0 Å². The molecule has 2 N–H and O–H groups in total. The van der Waals surface area contributed by atoms with Gasteiger partial charge in [-0.25, -0.2) is 4.98 Å². The molecule has 2 saturated carbocycles. The van der Waals surface area contributed by atoms with Crippen LogP contribution in [0.25, 0.3) is 0 Å². The molecule has 0 bridgehead atoms. The fourth-order valence-electron chi connectivity index (χ4n) is 4.40. The average Bonchev–Trinajstić information content (AvgIpc) is 3.47. The highest BCUT2D eigenvalue weighted by atomic mass is 16.5. The van der Waals surface area contributed by atoms with Gasteiger partial charge in [-0.05, 0) is 68.1 Å². The molecule has 0 aromatic carbocycles. The van der Waals surface area contributed by atoms with Gasteiger partial charge in [-0.2, -0.15) is 0 Å². The molecule has 1 aromatic heterocycles. The third kappa shape index (κ3) is 2.98. The number of carbonyl (C=O) groups excluding carboxylic acids is 1. The first-order chi connectivity index (χ1) is 13.0. The maximum Gasteiger partial charge on any atom is 0.264 e. The molecule has 1 atom stereocenters. The lowest BCUT2D eigenvalue weighted by Crippen LogP contribution is -2.48. The maximum absolute atomic E-state index is 12.0. The number of nitrogens with two attached hydrogens (primary N) is 1. The van der Waals surface area contributed by atoms with Gasteiger partial charge in [0.2, 0.25) is 5.88 Å². The van der Waals surface area contributed by atoms with E-state index in [1.165, 1.54) is 30.4 Å². The van der Waals surface area contributed by atoms with Gasteiger partial charge in [-0.3, -0.25) is 4.79 Å². The number of carbonyl (C=O) groups is 1. The van der Waals surface area contributed by atoms with Crippen LogP contribution < -0.4 is 15.4 Å². The average molecular weight is 365 g/mol. The molecule has 1 amide bonds. The van der Waals surface area contributed by atoms with Crippen molar-refractivity contribution in [3.63, 3.8) is 0 Å². The molecule has 142 valence electrons. The Morgan fingerprint density at radius 2 is 2.19 bits per heavy atom. The summed E-state index contributed by atoms with van der Waals surface area (Å²) in [5.74, 6) is 1.58. The van der Waals surface area contributed by atoms with Crippen LogP contribution in [0.4, 0.5) is 5.69 Å². The van der Waals surface area contributed by atoms with E-state index in [9.17, 15) is 4.79 Å². The highest BCUT2D eigenvalue weighted by molar-refractivity contribution is 5.97. The zero-order valence-electron chi connectivity index (χ0n) is 15.9. The largest absolute Gasteiger partial charge is 0.466 e. The van der Waals surface area contributed by atoms with E-state index in [1.807, 2.05) is 0 Å². The van der Waals surface area contributed by atoms with E-state index in [0.29, 0.717) is 5.88 Å². The third-order valence-electron chi connectivity index (χ3n) is 6.63. The van der Waals surface area contributed by atoms with E-state index in [0.717, 1.165) is 43.0 Å². The number of likely N-dealkylation sites (N-methyl/N-ethyl adjacent to an activating group) is 1. The number of pyridine rings is 1. The fraction of sp³-hybridized carbons (Fsp3) is 0.545. The standard InChI is InChI=1S/C22H27N3O2/c1-25-18-12-16(11-14-3-4-14)20(24-21(18)27-13-19(25)26)15-5-7-17(8-6-15)22(23)9-2-10-22/h5,7-8,12,14-15H,2-4,6,9-11,13,23H2,1H3. The minimum atomic E-state index is -0.103. The summed E-state index contributed by atoms with van der Waals surface area (Å²) in [6.45, 7) is 0.0676. The van der Waals surface area contributed by atoms with Crippen molar-refractivity contribution in [3.8, 4) is 5.88 Å². The van der Waals surface area contributed by atoms with E-state index in [4.69, 9.17) is 15.5 Å². The smallest absolute Gasteiger partial charge is 0.264 e. The van der Waals surface area contributed by atoms with Crippen molar-refractivity contribution in [2.45, 2.75) is 56.4 Å². The lowest BCUT2D eigenvalue weighted by Gasteiger charge is -2.40.